The van der Waals surface area contributed by atoms with Gasteiger partial charge in [0.2, 0.25) is 0 Å². The molecule has 0 radical (unpaired) electrons. The van der Waals surface area contributed by atoms with Gasteiger partial charge in [0.25, 0.3) is 0 Å². The molecule has 0 spiro atoms. The van der Waals surface area contributed by atoms with Gasteiger partial charge in [0.05, 0.1) is 6.42 Å². The second-order valence-electron chi connectivity index (χ2n) is 4.16. The zero-order chi connectivity index (χ0) is 12.1. The lowest BCUT2D eigenvalue weighted by Crippen LogP contribution is -2.02. The van der Waals surface area contributed by atoms with Gasteiger partial charge in [-0.2, -0.15) is 0 Å². The number of thioether (sulfide) groups is 1. The summed E-state index contributed by atoms with van der Waals surface area (Å²) in [5.41, 5.74) is 2.41. The molecule has 0 bridgehead atoms. The number of hydrogen-bond acceptors (Lipinski definition) is 4. The van der Waals surface area contributed by atoms with Crippen LogP contribution in [0.25, 0.3) is 0 Å². The zero-order valence-electron chi connectivity index (χ0n) is 9.69. The molecule has 1 aliphatic carbocycles. The van der Waals surface area contributed by atoms with Crippen molar-refractivity contribution in [3.63, 3.8) is 0 Å². The van der Waals surface area contributed by atoms with E-state index in [0.29, 0.717) is 5.75 Å². The fraction of sp³-hybridized carbons (Fsp3) is 0.583. The topological polar surface area (TPSA) is 63.1 Å². The highest BCUT2D eigenvalue weighted by molar-refractivity contribution is 7.99. The molecule has 0 aliphatic heterocycles. The van der Waals surface area contributed by atoms with Crippen molar-refractivity contribution >= 4 is 17.7 Å². The quantitative estimate of drug-likeness (QED) is 0.506. The van der Waals surface area contributed by atoms with Crippen LogP contribution in [0.5, 0.6) is 0 Å². The summed E-state index contributed by atoms with van der Waals surface area (Å²) in [4.78, 5) is 19.1. The van der Waals surface area contributed by atoms with Gasteiger partial charge in [0, 0.05) is 17.0 Å². The summed E-state index contributed by atoms with van der Waals surface area (Å²) in [6.45, 7) is 0. The van der Waals surface area contributed by atoms with Gasteiger partial charge in [-0.25, -0.2) is 9.97 Å². The number of carbonyl (C=O) groups is 1. The summed E-state index contributed by atoms with van der Waals surface area (Å²) in [6, 6.07) is 0. The Morgan fingerprint density at radius 2 is 2.12 bits per heavy atom. The summed E-state index contributed by atoms with van der Waals surface area (Å²) in [6.07, 6.45) is 7.48. The number of carboxylic acids is 1. The van der Waals surface area contributed by atoms with E-state index in [4.69, 9.17) is 5.11 Å². The number of carboxylic acid groups (broad SMARTS) is 1. The number of fused-ring (bicyclic) bond motifs is 1. The maximum Gasteiger partial charge on any atom is 0.304 e. The van der Waals surface area contributed by atoms with E-state index in [9.17, 15) is 4.79 Å². The molecule has 0 unspecified atom stereocenters. The fourth-order valence-electron chi connectivity index (χ4n) is 2.03. The first-order valence-electron chi connectivity index (χ1n) is 5.94. The fourth-order valence-corrected chi connectivity index (χ4v) is 3.01. The predicted molar refractivity (Wildman–Crippen MR) is 66.3 cm³/mol. The second-order valence-corrected chi connectivity index (χ2v) is 5.24. The first-order valence-corrected chi connectivity index (χ1v) is 6.93. The third-order valence-corrected chi connectivity index (χ3v) is 3.92. The van der Waals surface area contributed by atoms with Crippen molar-refractivity contribution in [2.45, 2.75) is 43.6 Å². The van der Waals surface area contributed by atoms with Crippen LogP contribution < -0.4 is 0 Å². The van der Waals surface area contributed by atoms with Crippen molar-refractivity contribution in [1.29, 1.82) is 0 Å². The summed E-state index contributed by atoms with van der Waals surface area (Å²) in [5.74, 6) is -0.170. The Bertz CT molecular complexity index is 409. The zero-order valence-corrected chi connectivity index (χ0v) is 10.5. The van der Waals surface area contributed by atoms with E-state index >= 15 is 0 Å². The molecular formula is C12H16N2O2S. The standard InChI is InChI=1S/C12H16N2O2S/c15-11(16)6-7-17-12-9-4-2-1-3-5-10(9)13-8-14-12/h8H,1-7H2,(H,15,16). The predicted octanol–water partition coefficient (Wildman–Crippen LogP) is 2.31. The van der Waals surface area contributed by atoms with E-state index in [1.54, 1.807) is 18.1 Å². The lowest BCUT2D eigenvalue weighted by molar-refractivity contribution is -0.136. The SMILES string of the molecule is O=C(O)CCSc1ncnc2c1CCCCC2. The lowest BCUT2D eigenvalue weighted by atomic mass is 10.1. The van der Waals surface area contributed by atoms with Gasteiger partial charge in [-0.05, 0) is 25.7 Å². The van der Waals surface area contributed by atoms with Crippen molar-refractivity contribution in [2.75, 3.05) is 5.75 Å². The smallest absolute Gasteiger partial charge is 0.304 e. The van der Waals surface area contributed by atoms with Crippen molar-refractivity contribution in [3.8, 4) is 0 Å². The van der Waals surface area contributed by atoms with Crippen molar-refractivity contribution < 1.29 is 9.90 Å². The third-order valence-electron chi connectivity index (χ3n) is 2.89. The number of aliphatic carboxylic acids is 1. The van der Waals surface area contributed by atoms with Crippen LogP contribution >= 0.6 is 11.8 Å². The molecule has 2 rings (SSSR count). The monoisotopic (exact) mass is 252 g/mol. The van der Waals surface area contributed by atoms with E-state index in [-0.39, 0.29) is 6.42 Å². The molecule has 1 aromatic rings. The number of nitrogens with zero attached hydrogens (tertiary/aromatic N) is 2. The van der Waals surface area contributed by atoms with Gasteiger partial charge in [-0.1, -0.05) is 6.42 Å². The first kappa shape index (κ1) is 12.4. The lowest BCUT2D eigenvalue weighted by Gasteiger charge is -2.09. The Hall–Kier alpha value is -1.10. The third kappa shape index (κ3) is 3.43. The Kier molecular flexibility index (Phi) is 4.36. The highest BCUT2D eigenvalue weighted by Gasteiger charge is 2.14. The minimum atomic E-state index is -0.752. The van der Waals surface area contributed by atoms with Crippen LogP contribution in [0.4, 0.5) is 0 Å². The van der Waals surface area contributed by atoms with Gasteiger partial charge in [0.15, 0.2) is 0 Å². The van der Waals surface area contributed by atoms with Crippen molar-refractivity contribution in [2.24, 2.45) is 0 Å². The van der Waals surface area contributed by atoms with E-state index < -0.39 is 5.97 Å². The van der Waals surface area contributed by atoms with E-state index in [2.05, 4.69) is 9.97 Å². The Morgan fingerprint density at radius 3 is 2.94 bits per heavy atom. The van der Waals surface area contributed by atoms with Gasteiger partial charge >= 0.3 is 5.97 Å². The van der Waals surface area contributed by atoms with E-state index in [1.165, 1.54) is 24.8 Å². The van der Waals surface area contributed by atoms with Gasteiger partial charge in [-0.15, -0.1) is 11.8 Å². The van der Waals surface area contributed by atoms with Crippen molar-refractivity contribution in [1.82, 2.24) is 9.97 Å². The average Bonchev–Trinajstić information content (AvgIpc) is 2.54. The average molecular weight is 252 g/mol. The number of aromatic nitrogens is 2. The Labute approximate surface area is 105 Å². The molecule has 0 fully saturated rings. The molecule has 1 aliphatic rings. The summed E-state index contributed by atoms with van der Waals surface area (Å²) in [7, 11) is 0. The van der Waals surface area contributed by atoms with Gasteiger partial charge in [0.1, 0.15) is 11.4 Å². The molecule has 17 heavy (non-hydrogen) atoms. The summed E-state index contributed by atoms with van der Waals surface area (Å²) in [5, 5.41) is 9.61. The normalized spacial score (nSPS) is 15.1. The number of rotatable bonds is 4. The molecular weight excluding hydrogens is 236 g/mol. The largest absolute Gasteiger partial charge is 0.481 e. The van der Waals surface area contributed by atoms with E-state index in [1.807, 2.05) is 0 Å². The van der Waals surface area contributed by atoms with Crippen LogP contribution in [0.3, 0.4) is 0 Å². The van der Waals surface area contributed by atoms with E-state index in [0.717, 1.165) is 23.6 Å². The number of hydrogen-bond donors (Lipinski definition) is 1. The molecule has 0 saturated heterocycles. The minimum Gasteiger partial charge on any atom is -0.481 e. The highest BCUT2D eigenvalue weighted by Crippen LogP contribution is 2.27. The maximum atomic E-state index is 10.5. The molecule has 0 amide bonds. The van der Waals surface area contributed by atoms with Crippen LogP contribution in [0.15, 0.2) is 11.4 Å². The van der Waals surface area contributed by atoms with Crippen molar-refractivity contribution in [3.05, 3.63) is 17.6 Å². The maximum absolute atomic E-state index is 10.5. The second kappa shape index (κ2) is 6.00. The van der Waals surface area contributed by atoms with Crippen LogP contribution in [0.1, 0.15) is 36.9 Å². The molecule has 92 valence electrons. The van der Waals surface area contributed by atoms with Crippen LogP contribution in [-0.2, 0) is 17.6 Å². The molecule has 0 aromatic carbocycles. The van der Waals surface area contributed by atoms with Gasteiger partial charge in [-0.3, -0.25) is 4.79 Å². The molecule has 4 nitrogen and oxygen atoms in total. The summed E-state index contributed by atoms with van der Waals surface area (Å²) >= 11 is 1.54. The molecule has 1 heterocycles. The number of aryl methyl sites for hydroxylation is 1. The molecule has 1 N–H and O–H groups in total. The van der Waals surface area contributed by atoms with Crippen LogP contribution in [0, 0.1) is 0 Å². The Balaban J connectivity index is 2.08. The van der Waals surface area contributed by atoms with Crippen LogP contribution in [0.2, 0.25) is 0 Å². The highest BCUT2D eigenvalue weighted by atomic mass is 32.2. The molecule has 5 heteroatoms. The Morgan fingerprint density at radius 1 is 1.29 bits per heavy atom. The summed E-state index contributed by atoms with van der Waals surface area (Å²) < 4.78 is 0. The first-order chi connectivity index (χ1) is 8.27. The molecule has 1 aromatic heterocycles. The minimum absolute atomic E-state index is 0.184. The van der Waals surface area contributed by atoms with Crippen LogP contribution in [-0.4, -0.2) is 26.8 Å². The molecule has 0 saturated carbocycles. The molecule has 0 atom stereocenters. The van der Waals surface area contributed by atoms with Gasteiger partial charge < -0.3 is 5.11 Å².